The first-order chi connectivity index (χ1) is 11.5. The molecule has 24 heavy (non-hydrogen) atoms. The van der Waals surface area contributed by atoms with Gasteiger partial charge in [0, 0.05) is 29.8 Å². The first kappa shape index (κ1) is 16.2. The maximum Gasteiger partial charge on any atom is 0.336 e. The maximum absolute atomic E-state index is 12.5. The summed E-state index contributed by atoms with van der Waals surface area (Å²) in [4.78, 5) is 37.3. The van der Waals surface area contributed by atoms with Gasteiger partial charge in [0.05, 0.1) is 6.54 Å². The zero-order valence-electron chi connectivity index (χ0n) is 13.4. The van der Waals surface area contributed by atoms with Crippen molar-refractivity contribution in [2.75, 3.05) is 18.4 Å². The summed E-state index contributed by atoms with van der Waals surface area (Å²) in [5, 5.41) is 3.60. The SMILES string of the molecule is Cc1cc(=O)oc2cc(NC(=O)C3CCCN3C(=O)CN)ccc12. The van der Waals surface area contributed by atoms with Crippen molar-refractivity contribution >= 4 is 28.5 Å². The summed E-state index contributed by atoms with van der Waals surface area (Å²) in [5.74, 6) is -0.489. The van der Waals surface area contributed by atoms with E-state index in [1.54, 1.807) is 18.2 Å². The van der Waals surface area contributed by atoms with E-state index in [1.807, 2.05) is 6.92 Å². The predicted molar refractivity (Wildman–Crippen MR) is 89.6 cm³/mol. The van der Waals surface area contributed by atoms with Crippen molar-refractivity contribution < 1.29 is 14.0 Å². The van der Waals surface area contributed by atoms with Gasteiger partial charge in [0.1, 0.15) is 11.6 Å². The highest BCUT2D eigenvalue weighted by Gasteiger charge is 2.33. The molecule has 1 aromatic heterocycles. The number of fused-ring (bicyclic) bond motifs is 1. The van der Waals surface area contributed by atoms with Crippen molar-refractivity contribution in [1.82, 2.24) is 4.90 Å². The highest BCUT2D eigenvalue weighted by atomic mass is 16.4. The molecule has 3 rings (SSSR count). The Bertz CT molecular complexity index is 859. The van der Waals surface area contributed by atoms with Crippen molar-refractivity contribution in [3.05, 3.63) is 40.2 Å². The molecule has 1 atom stereocenters. The van der Waals surface area contributed by atoms with Crippen LogP contribution in [-0.4, -0.2) is 35.8 Å². The quantitative estimate of drug-likeness (QED) is 0.817. The van der Waals surface area contributed by atoms with E-state index in [4.69, 9.17) is 10.2 Å². The van der Waals surface area contributed by atoms with E-state index in [-0.39, 0.29) is 18.4 Å². The predicted octanol–water partition coefficient (Wildman–Crippen LogP) is 0.990. The number of anilines is 1. The van der Waals surface area contributed by atoms with E-state index >= 15 is 0 Å². The van der Waals surface area contributed by atoms with Crippen molar-refractivity contribution in [3.63, 3.8) is 0 Å². The number of hydrogen-bond acceptors (Lipinski definition) is 5. The molecule has 0 radical (unpaired) electrons. The Hall–Kier alpha value is -2.67. The summed E-state index contributed by atoms with van der Waals surface area (Å²) in [5.41, 5.74) is 6.71. The number of benzene rings is 1. The summed E-state index contributed by atoms with van der Waals surface area (Å²) >= 11 is 0. The van der Waals surface area contributed by atoms with Gasteiger partial charge < -0.3 is 20.4 Å². The minimum absolute atomic E-state index is 0.107. The van der Waals surface area contributed by atoms with Crippen molar-refractivity contribution in [1.29, 1.82) is 0 Å². The van der Waals surface area contributed by atoms with E-state index in [0.717, 1.165) is 17.4 Å². The number of carbonyl (C=O) groups is 2. The molecule has 7 nitrogen and oxygen atoms in total. The smallest absolute Gasteiger partial charge is 0.336 e. The Kier molecular flexibility index (Phi) is 4.35. The molecular weight excluding hydrogens is 310 g/mol. The first-order valence-electron chi connectivity index (χ1n) is 7.84. The van der Waals surface area contributed by atoms with Crippen LogP contribution in [0.4, 0.5) is 5.69 Å². The number of likely N-dealkylation sites (tertiary alicyclic amines) is 1. The lowest BCUT2D eigenvalue weighted by atomic mass is 10.1. The Morgan fingerprint density at radius 1 is 1.38 bits per heavy atom. The summed E-state index contributed by atoms with van der Waals surface area (Å²) < 4.78 is 5.18. The molecule has 1 unspecified atom stereocenters. The van der Waals surface area contributed by atoms with Crippen LogP contribution in [0.5, 0.6) is 0 Å². The maximum atomic E-state index is 12.5. The average Bonchev–Trinajstić information content (AvgIpc) is 3.03. The lowest BCUT2D eigenvalue weighted by Gasteiger charge is -2.23. The molecular formula is C17H19N3O4. The van der Waals surface area contributed by atoms with E-state index in [2.05, 4.69) is 5.32 Å². The molecule has 1 aromatic carbocycles. The number of carbonyl (C=O) groups excluding carboxylic acids is 2. The second-order valence-electron chi connectivity index (χ2n) is 5.90. The number of nitrogens with zero attached hydrogens (tertiary/aromatic N) is 1. The fourth-order valence-electron chi connectivity index (χ4n) is 3.08. The monoisotopic (exact) mass is 329 g/mol. The molecule has 126 valence electrons. The van der Waals surface area contributed by atoms with Crippen LogP contribution in [0.1, 0.15) is 18.4 Å². The number of nitrogens with two attached hydrogens (primary N) is 1. The van der Waals surface area contributed by atoms with E-state index in [9.17, 15) is 14.4 Å². The van der Waals surface area contributed by atoms with Gasteiger partial charge in [0.2, 0.25) is 11.8 Å². The topological polar surface area (TPSA) is 106 Å². The summed E-state index contributed by atoms with van der Waals surface area (Å²) in [7, 11) is 0. The van der Waals surface area contributed by atoms with E-state index in [0.29, 0.717) is 24.2 Å². The molecule has 3 N–H and O–H groups in total. The van der Waals surface area contributed by atoms with Crippen molar-refractivity contribution in [2.45, 2.75) is 25.8 Å². The Morgan fingerprint density at radius 3 is 2.92 bits per heavy atom. The molecule has 2 aromatic rings. The van der Waals surface area contributed by atoms with Gasteiger partial charge in [0.25, 0.3) is 0 Å². The molecule has 0 aliphatic carbocycles. The zero-order chi connectivity index (χ0) is 17.3. The van der Waals surface area contributed by atoms with E-state index < -0.39 is 11.7 Å². The van der Waals surface area contributed by atoms with Crippen LogP contribution in [0.2, 0.25) is 0 Å². The van der Waals surface area contributed by atoms with Gasteiger partial charge in [-0.05, 0) is 37.5 Å². The van der Waals surface area contributed by atoms with Gasteiger partial charge >= 0.3 is 5.63 Å². The highest BCUT2D eigenvalue weighted by molar-refractivity contribution is 5.99. The van der Waals surface area contributed by atoms with Crippen LogP contribution in [0.25, 0.3) is 11.0 Å². The molecule has 0 saturated carbocycles. The molecule has 1 aliphatic rings. The molecule has 2 amide bonds. The second-order valence-corrected chi connectivity index (χ2v) is 5.90. The molecule has 0 bridgehead atoms. The summed E-state index contributed by atoms with van der Waals surface area (Å²) in [6.45, 7) is 2.26. The first-order valence-corrected chi connectivity index (χ1v) is 7.84. The zero-order valence-corrected chi connectivity index (χ0v) is 13.4. The van der Waals surface area contributed by atoms with E-state index in [1.165, 1.54) is 11.0 Å². The van der Waals surface area contributed by atoms with Gasteiger partial charge in [-0.2, -0.15) is 0 Å². The largest absolute Gasteiger partial charge is 0.423 e. The third-order valence-corrected chi connectivity index (χ3v) is 4.27. The lowest BCUT2D eigenvalue weighted by Crippen LogP contribution is -2.45. The Labute approximate surface area is 138 Å². The van der Waals surface area contributed by atoms with Gasteiger partial charge in [-0.3, -0.25) is 9.59 Å². The van der Waals surface area contributed by atoms with Crippen LogP contribution >= 0.6 is 0 Å². The molecule has 2 heterocycles. The van der Waals surface area contributed by atoms with Gasteiger partial charge in [0.15, 0.2) is 0 Å². The van der Waals surface area contributed by atoms with Gasteiger partial charge in [-0.25, -0.2) is 4.79 Å². The molecule has 1 fully saturated rings. The number of nitrogens with one attached hydrogen (secondary N) is 1. The number of rotatable bonds is 3. The van der Waals surface area contributed by atoms with Gasteiger partial charge in [-0.15, -0.1) is 0 Å². The minimum atomic E-state index is -0.513. The minimum Gasteiger partial charge on any atom is -0.423 e. The van der Waals surface area contributed by atoms with Crippen molar-refractivity contribution in [3.8, 4) is 0 Å². The third-order valence-electron chi connectivity index (χ3n) is 4.27. The standard InChI is InChI=1S/C17H19N3O4/c1-10-7-16(22)24-14-8-11(4-5-12(10)14)19-17(23)13-3-2-6-20(13)15(21)9-18/h4-5,7-8,13H,2-3,6,9,18H2,1H3,(H,19,23). The van der Waals surface area contributed by atoms with Crippen LogP contribution < -0.4 is 16.7 Å². The fourth-order valence-corrected chi connectivity index (χ4v) is 3.08. The van der Waals surface area contributed by atoms with Gasteiger partial charge in [-0.1, -0.05) is 0 Å². The summed E-state index contributed by atoms with van der Waals surface area (Å²) in [6, 6.07) is 6.07. The van der Waals surface area contributed by atoms with Crippen LogP contribution in [0.15, 0.2) is 33.5 Å². The highest BCUT2D eigenvalue weighted by Crippen LogP contribution is 2.23. The number of hydrogen-bond donors (Lipinski definition) is 2. The second kappa shape index (κ2) is 6.45. The molecule has 7 heteroatoms. The number of amides is 2. The Balaban J connectivity index is 1.83. The average molecular weight is 329 g/mol. The van der Waals surface area contributed by atoms with Crippen molar-refractivity contribution in [2.24, 2.45) is 5.73 Å². The lowest BCUT2D eigenvalue weighted by molar-refractivity contribution is -0.135. The number of aryl methyl sites for hydroxylation is 1. The molecule has 0 spiro atoms. The normalized spacial score (nSPS) is 17.2. The molecule has 1 aliphatic heterocycles. The summed E-state index contributed by atoms with van der Waals surface area (Å²) in [6.07, 6.45) is 1.38. The van der Waals surface area contributed by atoms with Crippen LogP contribution in [0, 0.1) is 6.92 Å². The fraction of sp³-hybridized carbons (Fsp3) is 0.353. The van der Waals surface area contributed by atoms with Crippen LogP contribution in [0.3, 0.4) is 0 Å². The molecule has 1 saturated heterocycles. The Morgan fingerprint density at radius 2 is 2.17 bits per heavy atom. The third kappa shape index (κ3) is 3.03. The van der Waals surface area contributed by atoms with Crippen LogP contribution in [-0.2, 0) is 9.59 Å².